The second kappa shape index (κ2) is 5.35. The van der Waals surface area contributed by atoms with Crippen LogP contribution in [-0.2, 0) is 0 Å². The Hall–Kier alpha value is -2.62. The molecule has 4 N–H and O–H groups in total. The minimum atomic E-state index is 0.438. The van der Waals surface area contributed by atoms with Crippen LogP contribution in [0, 0.1) is 6.92 Å². The molecule has 96 valence electrons. The number of pyridine rings is 1. The lowest BCUT2D eigenvalue weighted by molar-refractivity contribution is 1.20. The molecule has 2 rings (SSSR count). The molecule has 0 fully saturated rings. The summed E-state index contributed by atoms with van der Waals surface area (Å²) in [5.74, 6) is 0.883. The van der Waals surface area contributed by atoms with Gasteiger partial charge in [-0.3, -0.25) is 0 Å². The van der Waals surface area contributed by atoms with E-state index in [2.05, 4.69) is 16.6 Å². The molecule has 0 aliphatic rings. The molecule has 0 saturated carbocycles. The number of aryl methyl sites for hydroxylation is 1. The summed E-state index contributed by atoms with van der Waals surface area (Å²) in [6.45, 7) is 5.58. The number of amidine groups is 1. The Morgan fingerprint density at radius 2 is 1.95 bits per heavy atom. The van der Waals surface area contributed by atoms with E-state index in [4.69, 9.17) is 11.5 Å². The fourth-order valence-corrected chi connectivity index (χ4v) is 1.73. The topological polar surface area (TPSA) is 77.3 Å². The number of anilines is 1. The Morgan fingerprint density at radius 1 is 1.26 bits per heavy atom. The molecule has 0 unspecified atom stereocenters. The van der Waals surface area contributed by atoms with Gasteiger partial charge in [-0.15, -0.1) is 0 Å². The molecule has 0 aliphatic heterocycles. The largest absolute Gasteiger partial charge is 0.384 e. The van der Waals surface area contributed by atoms with Crippen molar-refractivity contribution in [2.75, 3.05) is 5.73 Å². The second-order valence-electron chi connectivity index (χ2n) is 4.21. The maximum Gasteiger partial charge on any atom is 0.131 e. The fraction of sp³-hybridized carbons (Fsp3) is 0.0667. The van der Waals surface area contributed by atoms with Crippen LogP contribution in [0.15, 0.2) is 48.0 Å². The van der Waals surface area contributed by atoms with Crippen LogP contribution in [0.3, 0.4) is 0 Å². The normalized spacial score (nSPS) is 11.3. The fourth-order valence-electron chi connectivity index (χ4n) is 1.73. The molecule has 0 spiro atoms. The van der Waals surface area contributed by atoms with E-state index in [0.717, 1.165) is 16.8 Å². The summed E-state index contributed by atoms with van der Waals surface area (Å²) in [6.07, 6.45) is 1.78. The van der Waals surface area contributed by atoms with Crippen molar-refractivity contribution in [3.63, 3.8) is 0 Å². The number of hydrogen-bond donors (Lipinski definition) is 2. The molecule has 1 aromatic heterocycles. The van der Waals surface area contributed by atoms with Crippen LogP contribution >= 0.6 is 0 Å². The predicted molar refractivity (Wildman–Crippen MR) is 80.3 cm³/mol. The molecule has 0 atom stereocenters. The summed E-state index contributed by atoms with van der Waals surface area (Å²) in [4.78, 5) is 8.45. The average Bonchev–Trinajstić information content (AvgIpc) is 2.37. The number of nitrogens with two attached hydrogens (primary N) is 2. The summed E-state index contributed by atoms with van der Waals surface area (Å²) < 4.78 is 0. The zero-order chi connectivity index (χ0) is 13.8. The summed E-state index contributed by atoms with van der Waals surface area (Å²) in [5, 5.41) is 0. The van der Waals surface area contributed by atoms with Gasteiger partial charge in [-0.25, -0.2) is 9.98 Å². The average molecular weight is 252 g/mol. The summed E-state index contributed by atoms with van der Waals surface area (Å²) >= 11 is 0. The van der Waals surface area contributed by atoms with E-state index in [-0.39, 0.29) is 0 Å². The Balaban J connectivity index is 2.33. The first kappa shape index (κ1) is 12.8. The van der Waals surface area contributed by atoms with Gasteiger partial charge in [0.25, 0.3) is 0 Å². The van der Waals surface area contributed by atoms with Crippen LogP contribution in [0.2, 0.25) is 0 Å². The van der Waals surface area contributed by atoms with E-state index in [9.17, 15) is 0 Å². The molecule has 1 heterocycles. The van der Waals surface area contributed by atoms with E-state index in [1.165, 1.54) is 0 Å². The van der Waals surface area contributed by atoms with Crippen molar-refractivity contribution in [2.24, 2.45) is 10.7 Å². The lowest BCUT2D eigenvalue weighted by atomic mass is 10.1. The highest BCUT2D eigenvalue weighted by molar-refractivity contribution is 5.99. The van der Waals surface area contributed by atoms with Gasteiger partial charge < -0.3 is 11.5 Å². The first-order chi connectivity index (χ1) is 9.08. The molecule has 4 heteroatoms. The van der Waals surface area contributed by atoms with Crippen molar-refractivity contribution in [1.29, 1.82) is 0 Å². The predicted octanol–water partition coefficient (Wildman–Crippen LogP) is 2.65. The lowest BCUT2D eigenvalue weighted by Gasteiger charge is -2.03. The van der Waals surface area contributed by atoms with E-state index in [1.807, 2.05) is 37.3 Å². The van der Waals surface area contributed by atoms with Crippen molar-refractivity contribution in [2.45, 2.75) is 6.92 Å². The number of aromatic nitrogens is 1. The number of nitrogens with zero attached hydrogens (tertiary/aromatic N) is 2. The summed E-state index contributed by atoms with van der Waals surface area (Å²) in [7, 11) is 0. The van der Waals surface area contributed by atoms with Crippen molar-refractivity contribution >= 4 is 23.4 Å². The van der Waals surface area contributed by atoms with Gasteiger partial charge in [0, 0.05) is 17.3 Å². The van der Waals surface area contributed by atoms with Crippen LogP contribution in [-0.4, -0.2) is 10.8 Å². The monoisotopic (exact) mass is 252 g/mol. The molecular weight excluding hydrogens is 236 g/mol. The summed E-state index contributed by atoms with van der Waals surface area (Å²) in [5.41, 5.74) is 15.1. The molecule has 1 aromatic carbocycles. The Morgan fingerprint density at radius 3 is 2.53 bits per heavy atom. The zero-order valence-corrected chi connectivity index (χ0v) is 10.8. The van der Waals surface area contributed by atoms with Gasteiger partial charge in [-0.05, 0) is 18.6 Å². The molecule has 0 radical (unpaired) electrons. The van der Waals surface area contributed by atoms with Crippen molar-refractivity contribution in [3.8, 4) is 0 Å². The number of nitrogen functional groups attached to an aromatic ring is 1. The van der Waals surface area contributed by atoms with Gasteiger partial charge >= 0.3 is 0 Å². The van der Waals surface area contributed by atoms with E-state index < -0.39 is 0 Å². The molecule has 0 amide bonds. The minimum Gasteiger partial charge on any atom is -0.384 e. The van der Waals surface area contributed by atoms with E-state index >= 15 is 0 Å². The molecule has 19 heavy (non-hydrogen) atoms. The smallest absolute Gasteiger partial charge is 0.131 e. The Labute approximate surface area is 112 Å². The van der Waals surface area contributed by atoms with E-state index in [0.29, 0.717) is 17.3 Å². The standard InChI is InChI=1S/C15H16N4/c1-3-11-4-6-12(7-5-11)15(17)19-13-8-10(2)18-14(16)9-13/h3-9H,1H2,2H3,(H4,16,17,18,19). The first-order valence-electron chi connectivity index (χ1n) is 5.89. The first-order valence-corrected chi connectivity index (χ1v) is 5.89. The van der Waals surface area contributed by atoms with Gasteiger partial charge in [0.05, 0.1) is 5.69 Å². The van der Waals surface area contributed by atoms with Crippen LogP contribution < -0.4 is 11.5 Å². The van der Waals surface area contributed by atoms with Gasteiger partial charge in [0.15, 0.2) is 0 Å². The molecule has 0 aliphatic carbocycles. The molecular formula is C15H16N4. The quantitative estimate of drug-likeness (QED) is 0.651. The van der Waals surface area contributed by atoms with Crippen LogP contribution in [0.1, 0.15) is 16.8 Å². The molecule has 0 bridgehead atoms. The van der Waals surface area contributed by atoms with Crippen molar-refractivity contribution in [1.82, 2.24) is 4.98 Å². The molecule has 2 aromatic rings. The van der Waals surface area contributed by atoms with Crippen LogP contribution in [0.25, 0.3) is 6.08 Å². The van der Waals surface area contributed by atoms with Gasteiger partial charge in [0.2, 0.25) is 0 Å². The van der Waals surface area contributed by atoms with Crippen molar-refractivity contribution in [3.05, 3.63) is 59.8 Å². The van der Waals surface area contributed by atoms with Crippen molar-refractivity contribution < 1.29 is 0 Å². The number of hydrogen-bond acceptors (Lipinski definition) is 3. The summed E-state index contributed by atoms with van der Waals surface area (Å²) in [6, 6.07) is 11.2. The van der Waals surface area contributed by atoms with Crippen LogP contribution in [0.4, 0.5) is 11.5 Å². The van der Waals surface area contributed by atoms with Gasteiger partial charge in [-0.1, -0.05) is 36.9 Å². The van der Waals surface area contributed by atoms with Gasteiger partial charge in [-0.2, -0.15) is 0 Å². The number of aliphatic imine (C=N–C) groups is 1. The maximum atomic E-state index is 5.98. The third-order valence-electron chi connectivity index (χ3n) is 2.65. The third-order valence-corrected chi connectivity index (χ3v) is 2.65. The Kier molecular flexibility index (Phi) is 3.61. The Bertz CT molecular complexity index is 607. The minimum absolute atomic E-state index is 0.438. The third kappa shape index (κ3) is 3.19. The van der Waals surface area contributed by atoms with Crippen LogP contribution in [0.5, 0.6) is 0 Å². The van der Waals surface area contributed by atoms with Gasteiger partial charge in [0.1, 0.15) is 11.7 Å². The number of benzene rings is 1. The maximum absolute atomic E-state index is 5.98. The zero-order valence-electron chi connectivity index (χ0n) is 10.8. The number of rotatable bonds is 3. The lowest BCUT2D eigenvalue weighted by Crippen LogP contribution is -2.12. The SMILES string of the molecule is C=Cc1ccc(C(N)=Nc2cc(C)nc(N)c2)cc1. The second-order valence-corrected chi connectivity index (χ2v) is 4.21. The highest BCUT2D eigenvalue weighted by Gasteiger charge is 2.00. The molecule has 4 nitrogen and oxygen atoms in total. The van der Waals surface area contributed by atoms with E-state index in [1.54, 1.807) is 12.1 Å². The molecule has 0 saturated heterocycles. The highest BCUT2D eigenvalue weighted by atomic mass is 14.9. The highest BCUT2D eigenvalue weighted by Crippen LogP contribution is 2.17.